The van der Waals surface area contributed by atoms with Gasteiger partial charge in [0.1, 0.15) is 0 Å². The van der Waals surface area contributed by atoms with Crippen molar-refractivity contribution >= 4 is 6.41 Å². The van der Waals surface area contributed by atoms with Crippen molar-refractivity contribution in [2.45, 2.75) is 19.5 Å². The first kappa shape index (κ1) is 12.4. The molecule has 0 radical (unpaired) electrons. The first-order chi connectivity index (χ1) is 8.81. The minimum absolute atomic E-state index is 0.0870. The summed E-state index contributed by atoms with van der Waals surface area (Å²) in [5.74, 6) is 0. The van der Waals surface area contributed by atoms with E-state index >= 15 is 0 Å². The van der Waals surface area contributed by atoms with E-state index in [0.717, 1.165) is 17.5 Å². The first-order valence-corrected chi connectivity index (χ1v) is 6.11. The van der Waals surface area contributed by atoms with Gasteiger partial charge in [-0.05, 0) is 18.1 Å². The maximum atomic E-state index is 11.3. The van der Waals surface area contributed by atoms with Crippen molar-refractivity contribution in [3.8, 4) is 0 Å². The van der Waals surface area contributed by atoms with Crippen LogP contribution in [0.1, 0.15) is 24.1 Å². The van der Waals surface area contributed by atoms with Gasteiger partial charge in [-0.2, -0.15) is 0 Å². The molecule has 92 valence electrons. The summed E-state index contributed by atoms with van der Waals surface area (Å²) >= 11 is 0. The van der Waals surface area contributed by atoms with E-state index in [9.17, 15) is 4.79 Å². The molecule has 0 N–H and O–H groups in total. The van der Waals surface area contributed by atoms with Crippen LogP contribution in [0.4, 0.5) is 0 Å². The van der Waals surface area contributed by atoms with Crippen LogP contribution in [-0.4, -0.2) is 11.3 Å². The van der Waals surface area contributed by atoms with E-state index in [0.29, 0.717) is 6.54 Å². The fourth-order valence-electron chi connectivity index (χ4n) is 1.98. The van der Waals surface area contributed by atoms with Crippen LogP contribution in [-0.2, 0) is 11.3 Å². The summed E-state index contributed by atoms with van der Waals surface area (Å²) < 4.78 is 0. The summed E-state index contributed by atoms with van der Waals surface area (Å²) in [7, 11) is 0. The number of nitrogens with zero attached hydrogens (tertiary/aromatic N) is 1. The summed E-state index contributed by atoms with van der Waals surface area (Å²) in [4.78, 5) is 13.1. The Bertz CT molecular complexity index is 481. The molecule has 2 aromatic carbocycles. The maximum Gasteiger partial charge on any atom is 0.210 e. The molecule has 2 nitrogen and oxygen atoms in total. The Morgan fingerprint density at radius 3 is 2.11 bits per heavy atom. The van der Waals surface area contributed by atoms with Crippen molar-refractivity contribution in [1.29, 1.82) is 0 Å². The number of carbonyl (C=O) groups is 1. The van der Waals surface area contributed by atoms with Gasteiger partial charge in [0, 0.05) is 6.54 Å². The standard InChI is InChI=1S/C16H17NO/c1-14(16-10-6-3-7-11-16)17(13-18)12-15-8-4-2-5-9-15/h2-11,13-14H,12H2,1H3/t14-/m1/s1. The Hall–Kier alpha value is -2.09. The minimum Gasteiger partial charge on any atom is -0.334 e. The highest BCUT2D eigenvalue weighted by atomic mass is 16.1. The van der Waals surface area contributed by atoms with Crippen molar-refractivity contribution in [2.24, 2.45) is 0 Å². The molecule has 0 spiro atoms. The molecular formula is C16H17NO. The van der Waals surface area contributed by atoms with E-state index < -0.39 is 0 Å². The van der Waals surface area contributed by atoms with Crippen LogP contribution in [0.15, 0.2) is 60.7 Å². The van der Waals surface area contributed by atoms with E-state index in [1.165, 1.54) is 0 Å². The molecule has 2 aromatic rings. The molecule has 1 amide bonds. The van der Waals surface area contributed by atoms with Crippen molar-refractivity contribution in [2.75, 3.05) is 0 Å². The zero-order valence-corrected chi connectivity index (χ0v) is 10.5. The second-order valence-corrected chi connectivity index (χ2v) is 4.35. The zero-order valence-electron chi connectivity index (χ0n) is 10.5. The van der Waals surface area contributed by atoms with Crippen LogP contribution in [0.2, 0.25) is 0 Å². The summed E-state index contributed by atoms with van der Waals surface area (Å²) in [6, 6.07) is 20.2. The average molecular weight is 239 g/mol. The van der Waals surface area contributed by atoms with Crippen LogP contribution in [0.25, 0.3) is 0 Å². The average Bonchev–Trinajstić information content (AvgIpc) is 2.46. The van der Waals surface area contributed by atoms with Crippen LogP contribution < -0.4 is 0 Å². The highest BCUT2D eigenvalue weighted by Gasteiger charge is 2.13. The quantitative estimate of drug-likeness (QED) is 0.732. The lowest BCUT2D eigenvalue weighted by atomic mass is 10.1. The largest absolute Gasteiger partial charge is 0.334 e. The monoisotopic (exact) mass is 239 g/mol. The molecule has 0 aliphatic carbocycles. The number of amides is 1. The second-order valence-electron chi connectivity index (χ2n) is 4.35. The third-order valence-corrected chi connectivity index (χ3v) is 3.12. The molecule has 0 fully saturated rings. The molecule has 0 aliphatic rings. The number of hydrogen-bond acceptors (Lipinski definition) is 1. The molecule has 0 bridgehead atoms. The van der Waals surface area contributed by atoms with Crippen LogP contribution in [0.5, 0.6) is 0 Å². The molecule has 2 heteroatoms. The smallest absolute Gasteiger partial charge is 0.210 e. The molecular weight excluding hydrogens is 222 g/mol. The van der Waals surface area contributed by atoms with Gasteiger partial charge in [-0.3, -0.25) is 4.79 Å². The molecule has 1 atom stereocenters. The summed E-state index contributed by atoms with van der Waals surface area (Å²) in [6.45, 7) is 2.69. The molecule has 0 saturated carbocycles. The van der Waals surface area contributed by atoms with Gasteiger partial charge < -0.3 is 4.90 Å². The molecule has 2 rings (SSSR count). The molecule has 0 aromatic heterocycles. The SMILES string of the molecule is C[C@H](c1ccccc1)N(C=O)Cc1ccccc1. The second kappa shape index (κ2) is 6.01. The normalized spacial score (nSPS) is 11.8. The lowest BCUT2D eigenvalue weighted by molar-refractivity contribution is -0.120. The van der Waals surface area contributed by atoms with Gasteiger partial charge in [0.25, 0.3) is 0 Å². The highest BCUT2D eigenvalue weighted by molar-refractivity contribution is 5.49. The summed E-state index contributed by atoms with van der Waals surface area (Å²) in [6.07, 6.45) is 0.921. The Morgan fingerprint density at radius 1 is 1.00 bits per heavy atom. The van der Waals surface area contributed by atoms with Gasteiger partial charge in [-0.25, -0.2) is 0 Å². The fourth-order valence-corrected chi connectivity index (χ4v) is 1.98. The Balaban J connectivity index is 2.12. The lowest BCUT2D eigenvalue weighted by Crippen LogP contribution is -2.24. The van der Waals surface area contributed by atoms with Gasteiger partial charge >= 0.3 is 0 Å². The van der Waals surface area contributed by atoms with E-state index in [1.807, 2.05) is 72.5 Å². The lowest BCUT2D eigenvalue weighted by Gasteiger charge is -2.25. The molecule has 0 saturated heterocycles. The van der Waals surface area contributed by atoms with Gasteiger partial charge in [0.2, 0.25) is 6.41 Å². The van der Waals surface area contributed by atoms with Gasteiger partial charge in [-0.15, -0.1) is 0 Å². The Morgan fingerprint density at radius 2 is 1.56 bits per heavy atom. The Kier molecular flexibility index (Phi) is 4.13. The van der Waals surface area contributed by atoms with Crippen LogP contribution in [0, 0.1) is 0 Å². The van der Waals surface area contributed by atoms with E-state index in [-0.39, 0.29) is 6.04 Å². The topological polar surface area (TPSA) is 20.3 Å². The molecule has 0 unspecified atom stereocenters. The number of benzene rings is 2. The van der Waals surface area contributed by atoms with Gasteiger partial charge in [0.05, 0.1) is 6.04 Å². The Labute approximate surface area is 108 Å². The molecule has 0 aliphatic heterocycles. The van der Waals surface area contributed by atoms with Crippen molar-refractivity contribution < 1.29 is 4.79 Å². The fraction of sp³-hybridized carbons (Fsp3) is 0.188. The first-order valence-electron chi connectivity index (χ1n) is 6.11. The highest BCUT2D eigenvalue weighted by Crippen LogP contribution is 2.20. The minimum atomic E-state index is 0.0870. The van der Waals surface area contributed by atoms with Gasteiger partial charge in [-0.1, -0.05) is 60.7 Å². The van der Waals surface area contributed by atoms with Gasteiger partial charge in [0.15, 0.2) is 0 Å². The summed E-state index contributed by atoms with van der Waals surface area (Å²) in [5.41, 5.74) is 2.30. The number of hydrogen-bond donors (Lipinski definition) is 0. The predicted molar refractivity (Wildman–Crippen MR) is 72.9 cm³/mol. The maximum absolute atomic E-state index is 11.3. The van der Waals surface area contributed by atoms with E-state index in [4.69, 9.17) is 0 Å². The van der Waals surface area contributed by atoms with Crippen LogP contribution in [0.3, 0.4) is 0 Å². The van der Waals surface area contributed by atoms with E-state index in [2.05, 4.69) is 0 Å². The zero-order chi connectivity index (χ0) is 12.8. The van der Waals surface area contributed by atoms with Crippen molar-refractivity contribution in [3.05, 3.63) is 71.8 Å². The number of carbonyl (C=O) groups excluding carboxylic acids is 1. The van der Waals surface area contributed by atoms with Crippen molar-refractivity contribution in [3.63, 3.8) is 0 Å². The van der Waals surface area contributed by atoms with E-state index in [1.54, 1.807) is 0 Å². The molecule has 0 heterocycles. The van der Waals surface area contributed by atoms with Crippen molar-refractivity contribution in [1.82, 2.24) is 4.90 Å². The molecule has 18 heavy (non-hydrogen) atoms. The third-order valence-electron chi connectivity index (χ3n) is 3.12. The third kappa shape index (κ3) is 2.98. The number of rotatable bonds is 5. The van der Waals surface area contributed by atoms with Crippen LogP contribution >= 0.6 is 0 Å². The predicted octanol–water partition coefficient (Wildman–Crippen LogP) is 3.41. The summed E-state index contributed by atoms with van der Waals surface area (Å²) in [5, 5.41) is 0.